The highest BCUT2D eigenvalue weighted by Gasteiger charge is 2.29. The molecular formula is C22H24N6O. The minimum atomic E-state index is 0.0657. The van der Waals surface area contributed by atoms with Gasteiger partial charge in [0.15, 0.2) is 0 Å². The van der Waals surface area contributed by atoms with Crippen LogP contribution >= 0.6 is 0 Å². The van der Waals surface area contributed by atoms with Gasteiger partial charge in [-0.15, -0.1) is 0 Å². The molecule has 0 unspecified atom stereocenters. The van der Waals surface area contributed by atoms with E-state index in [1.165, 1.54) is 5.56 Å². The highest BCUT2D eigenvalue weighted by Crippen LogP contribution is 2.30. The number of amides is 1. The molecule has 1 amide bonds. The third kappa shape index (κ3) is 4.26. The zero-order valence-electron chi connectivity index (χ0n) is 16.3. The van der Waals surface area contributed by atoms with Crippen LogP contribution in [0.3, 0.4) is 0 Å². The maximum Gasteiger partial charge on any atom is 0.228 e. The number of anilines is 1. The number of hydrogen-bond donors (Lipinski definition) is 2. The number of pyridine rings is 3. The minimum absolute atomic E-state index is 0.0657. The summed E-state index contributed by atoms with van der Waals surface area (Å²) < 4.78 is 0. The van der Waals surface area contributed by atoms with Crippen LogP contribution < -0.4 is 10.6 Å². The van der Waals surface area contributed by atoms with Crippen LogP contribution in [0.15, 0.2) is 43.0 Å². The highest BCUT2D eigenvalue weighted by molar-refractivity contribution is 5.95. The van der Waals surface area contributed by atoms with Gasteiger partial charge < -0.3 is 10.6 Å². The number of nitrogens with one attached hydrogen (secondary N) is 2. The number of fused-ring (bicyclic) bond motifs is 1. The molecule has 2 aliphatic rings. The molecule has 3 aromatic heterocycles. The molecule has 0 radical (unpaired) electrons. The lowest BCUT2D eigenvalue weighted by Gasteiger charge is -2.27. The minimum Gasteiger partial charge on any atom is -0.314 e. The Morgan fingerprint density at radius 3 is 2.69 bits per heavy atom. The zero-order chi connectivity index (χ0) is 19.6. The van der Waals surface area contributed by atoms with Gasteiger partial charge in [0.25, 0.3) is 0 Å². The number of carbonyl (C=O) groups excluding carboxylic acids is 1. The van der Waals surface area contributed by atoms with E-state index in [1.54, 1.807) is 6.20 Å². The van der Waals surface area contributed by atoms with E-state index in [4.69, 9.17) is 0 Å². The quantitative estimate of drug-likeness (QED) is 0.699. The van der Waals surface area contributed by atoms with E-state index in [-0.39, 0.29) is 11.8 Å². The molecule has 29 heavy (non-hydrogen) atoms. The van der Waals surface area contributed by atoms with Gasteiger partial charge in [-0.1, -0.05) is 0 Å². The normalized spacial score (nSPS) is 17.4. The second kappa shape index (κ2) is 7.85. The standard InChI is InChI=1S/C22H24N6O/c29-22(16-1-2-16)27-21-9-17-8-20(25-12-19(17)13-26-21)18-7-15(10-24-11-18)14-28-5-3-23-4-6-28/h7-13,16,23H,1-6,14H2,(H,26,27,29). The summed E-state index contributed by atoms with van der Waals surface area (Å²) >= 11 is 0. The van der Waals surface area contributed by atoms with Crippen molar-refractivity contribution in [3.05, 3.63) is 48.5 Å². The maximum absolute atomic E-state index is 12.0. The molecule has 0 bridgehead atoms. The molecule has 5 rings (SSSR count). The van der Waals surface area contributed by atoms with Crippen molar-refractivity contribution in [2.45, 2.75) is 19.4 Å². The van der Waals surface area contributed by atoms with Crippen LogP contribution in [0.2, 0.25) is 0 Å². The number of hydrogen-bond acceptors (Lipinski definition) is 6. The topological polar surface area (TPSA) is 83.0 Å². The molecule has 3 aromatic rings. The second-order valence-corrected chi connectivity index (χ2v) is 7.86. The Morgan fingerprint density at radius 1 is 1.03 bits per heavy atom. The summed E-state index contributed by atoms with van der Waals surface area (Å²) in [6, 6.07) is 6.12. The van der Waals surface area contributed by atoms with Gasteiger partial charge in [0.05, 0.1) is 5.69 Å². The van der Waals surface area contributed by atoms with Crippen molar-refractivity contribution in [2.24, 2.45) is 5.92 Å². The van der Waals surface area contributed by atoms with Crippen LogP contribution in [0.1, 0.15) is 18.4 Å². The molecule has 1 saturated carbocycles. The average Bonchev–Trinajstić information content (AvgIpc) is 3.60. The third-order valence-corrected chi connectivity index (χ3v) is 5.51. The van der Waals surface area contributed by atoms with E-state index in [2.05, 4.69) is 36.6 Å². The lowest BCUT2D eigenvalue weighted by molar-refractivity contribution is -0.117. The monoisotopic (exact) mass is 388 g/mol. The first-order valence-corrected chi connectivity index (χ1v) is 10.2. The number of nitrogens with zero attached hydrogens (tertiary/aromatic N) is 4. The van der Waals surface area contributed by atoms with Gasteiger partial charge in [-0.25, -0.2) is 4.98 Å². The van der Waals surface area contributed by atoms with Crippen LogP contribution in [0, 0.1) is 5.92 Å². The summed E-state index contributed by atoms with van der Waals surface area (Å²) in [4.78, 5) is 27.8. The molecule has 2 N–H and O–H groups in total. The van der Waals surface area contributed by atoms with Gasteiger partial charge in [-0.2, -0.15) is 0 Å². The van der Waals surface area contributed by atoms with E-state index in [9.17, 15) is 4.79 Å². The van der Waals surface area contributed by atoms with Gasteiger partial charge in [0.1, 0.15) is 5.82 Å². The average molecular weight is 388 g/mol. The van der Waals surface area contributed by atoms with E-state index < -0.39 is 0 Å². The van der Waals surface area contributed by atoms with Crippen molar-refractivity contribution >= 4 is 22.5 Å². The molecule has 7 nitrogen and oxygen atoms in total. The van der Waals surface area contributed by atoms with Crippen molar-refractivity contribution in [1.82, 2.24) is 25.2 Å². The Hall–Kier alpha value is -2.90. The summed E-state index contributed by atoms with van der Waals surface area (Å²) in [7, 11) is 0. The van der Waals surface area contributed by atoms with Crippen LogP contribution in [-0.4, -0.2) is 51.9 Å². The van der Waals surface area contributed by atoms with Crippen LogP contribution in [0.4, 0.5) is 5.82 Å². The van der Waals surface area contributed by atoms with Crippen LogP contribution in [0.25, 0.3) is 22.0 Å². The van der Waals surface area contributed by atoms with Crippen molar-refractivity contribution < 1.29 is 4.79 Å². The van der Waals surface area contributed by atoms with E-state index >= 15 is 0 Å². The fraction of sp³-hybridized carbons (Fsp3) is 0.364. The number of carbonyl (C=O) groups is 1. The molecule has 1 aliphatic carbocycles. The fourth-order valence-electron chi connectivity index (χ4n) is 3.68. The van der Waals surface area contributed by atoms with Gasteiger partial charge in [0.2, 0.25) is 5.91 Å². The predicted molar refractivity (Wildman–Crippen MR) is 112 cm³/mol. The van der Waals surface area contributed by atoms with Gasteiger partial charge in [-0.05, 0) is 42.0 Å². The van der Waals surface area contributed by atoms with E-state index in [1.807, 2.05) is 30.7 Å². The number of piperazine rings is 1. The summed E-state index contributed by atoms with van der Waals surface area (Å²) in [6.07, 6.45) is 9.32. The molecule has 2 fully saturated rings. The maximum atomic E-state index is 12.0. The molecule has 0 atom stereocenters. The largest absolute Gasteiger partial charge is 0.314 e. The summed E-state index contributed by atoms with van der Waals surface area (Å²) in [5.41, 5.74) is 3.07. The van der Waals surface area contributed by atoms with E-state index in [0.29, 0.717) is 5.82 Å². The fourth-order valence-corrected chi connectivity index (χ4v) is 3.68. The zero-order valence-corrected chi connectivity index (χ0v) is 16.3. The van der Waals surface area contributed by atoms with Gasteiger partial charge >= 0.3 is 0 Å². The number of rotatable bonds is 5. The van der Waals surface area contributed by atoms with Crippen LogP contribution in [-0.2, 0) is 11.3 Å². The molecule has 1 aliphatic heterocycles. The Kier molecular flexibility index (Phi) is 4.91. The Labute approximate surface area is 169 Å². The molecule has 0 spiro atoms. The highest BCUT2D eigenvalue weighted by atomic mass is 16.2. The van der Waals surface area contributed by atoms with Crippen molar-refractivity contribution in [2.75, 3.05) is 31.5 Å². The summed E-state index contributed by atoms with van der Waals surface area (Å²) in [6.45, 7) is 5.08. The van der Waals surface area contributed by atoms with Crippen LogP contribution in [0.5, 0.6) is 0 Å². The molecule has 1 saturated heterocycles. The Morgan fingerprint density at radius 2 is 1.86 bits per heavy atom. The molecular weight excluding hydrogens is 364 g/mol. The lowest BCUT2D eigenvalue weighted by Crippen LogP contribution is -2.42. The molecule has 0 aromatic carbocycles. The number of aromatic nitrogens is 3. The first-order valence-electron chi connectivity index (χ1n) is 10.2. The lowest BCUT2D eigenvalue weighted by atomic mass is 10.1. The summed E-state index contributed by atoms with van der Waals surface area (Å²) in [5, 5.41) is 8.25. The van der Waals surface area contributed by atoms with Gasteiger partial charge in [0, 0.05) is 74.4 Å². The third-order valence-electron chi connectivity index (χ3n) is 5.51. The van der Waals surface area contributed by atoms with E-state index in [0.717, 1.165) is 67.6 Å². The van der Waals surface area contributed by atoms with Gasteiger partial charge in [-0.3, -0.25) is 19.7 Å². The summed E-state index contributed by atoms with van der Waals surface area (Å²) in [5.74, 6) is 0.818. The van der Waals surface area contributed by atoms with Crippen molar-refractivity contribution in [3.63, 3.8) is 0 Å². The second-order valence-electron chi connectivity index (χ2n) is 7.86. The Bertz CT molecular complexity index is 1040. The smallest absolute Gasteiger partial charge is 0.228 e. The molecule has 4 heterocycles. The predicted octanol–water partition coefficient (Wildman–Crippen LogP) is 2.45. The van der Waals surface area contributed by atoms with Crippen molar-refractivity contribution in [1.29, 1.82) is 0 Å². The first kappa shape index (κ1) is 18.1. The Balaban J connectivity index is 1.38. The molecule has 7 heteroatoms. The first-order chi connectivity index (χ1) is 14.2. The SMILES string of the molecule is O=C(Nc1cc2cc(-c3cncc(CN4CCNCC4)c3)ncc2cn1)C1CC1. The molecule has 148 valence electrons. The van der Waals surface area contributed by atoms with Crippen molar-refractivity contribution in [3.8, 4) is 11.3 Å².